The van der Waals surface area contributed by atoms with E-state index in [-0.39, 0.29) is 17.0 Å². The number of carbonyl (C=O) groups excluding carboxylic acids is 1. The van der Waals surface area contributed by atoms with E-state index < -0.39 is 17.8 Å². The second-order valence-electron chi connectivity index (χ2n) is 10.2. The van der Waals surface area contributed by atoms with E-state index in [1.165, 1.54) is 18.2 Å². The molecule has 2 aromatic carbocycles. The van der Waals surface area contributed by atoms with E-state index in [1.54, 1.807) is 6.07 Å². The van der Waals surface area contributed by atoms with Gasteiger partial charge in [-0.2, -0.15) is 0 Å². The van der Waals surface area contributed by atoms with Crippen LogP contribution >= 0.6 is 0 Å². The molecule has 1 unspecified atom stereocenters. The summed E-state index contributed by atoms with van der Waals surface area (Å²) in [6, 6.07) is 15.9. The maximum atomic E-state index is 14.2. The van der Waals surface area contributed by atoms with Crippen molar-refractivity contribution in [3.8, 4) is 17.6 Å². The zero-order valence-electron chi connectivity index (χ0n) is 20.3. The van der Waals surface area contributed by atoms with Gasteiger partial charge < -0.3 is 20.1 Å². The molecule has 4 aromatic rings. The average Bonchev–Trinajstić information content (AvgIpc) is 3.26. The monoisotopic (exact) mass is 495 g/mol. The van der Waals surface area contributed by atoms with Crippen molar-refractivity contribution in [3.05, 3.63) is 94.7 Å². The van der Waals surface area contributed by atoms with Crippen molar-refractivity contribution in [1.29, 1.82) is 0 Å². The first-order chi connectivity index (χ1) is 17.9. The van der Waals surface area contributed by atoms with Crippen molar-refractivity contribution in [2.75, 3.05) is 13.2 Å². The van der Waals surface area contributed by atoms with Crippen molar-refractivity contribution >= 4 is 16.8 Å². The number of aryl methyl sites for hydroxylation is 1. The standard InChI is InChI=1S/C30H26FN3O3/c1-18-10-19(6-7-20-14-30(15-20)16-37-17-30)11-26(32-18)29(36)34-28(23-13-22(31)8-9-27(23)35)25-12-21-4-2-3-5-24(21)33-25/h2-5,8-13,20,28,33,35H,14-17H2,1H3,(H,34,36). The summed E-state index contributed by atoms with van der Waals surface area (Å²) in [5, 5.41) is 14.4. The summed E-state index contributed by atoms with van der Waals surface area (Å²) in [6.45, 7) is 3.49. The fraction of sp³-hybridized carbons (Fsp3) is 0.267. The topological polar surface area (TPSA) is 87.2 Å². The van der Waals surface area contributed by atoms with Gasteiger partial charge in [0.05, 0.1) is 19.3 Å². The van der Waals surface area contributed by atoms with Crippen molar-refractivity contribution in [2.45, 2.75) is 25.8 Å². The molecule has 3 heterocycles. The number of amides is 1. The number of phenols is 1. The fourth-order valence-electron chi connectivity index (χ4n) is 5.29. The molecule has 1 aliphatic heterocycles. The van der Waals surface area contributed by atoms with E-state index in [2.05, 4.69) is 27.1 Å². The van der Waals surface area contributed by atoms with Crippen molar-refractivity contribution in [3.63, 3.8) is 0 Å². The van der Waals surface area contributed by atoms with Gasteiger partial charge >= 0.3 is 0 Å². The number of carbonyl (C=O) groups is 1. The third kappa shape index (κ3) is 4.56. The summed E-state index contributed by atoms with van der Waals surface area (Å²) >= 11 is 0. The van der Waals surface area contributed by atoms with Gasteiger partial charge in [0.2, 0.25) is 0 Å². The lowest BCUT2D eigenvalue weighted by atomic mass is 9.61. The van der Waals surface area contributed by atoms with Crippen LogP contribution in [0.15, 0.2) is 60.7 Å². The van der Waals surface area contributed by atoms with E-state index in [1.807, 2.05) is 43.3 Å². The number of fused-ring (bicyclic) bond motifs is 1. The Morgan fingerprint density at radius 3 is 2.76 bits per heavy atom. The molecule has 1 spiro atoms. The van der Waals surface area contributed by atoms with Crippen molar-refractivity contribution in [2.24, 2.45) is 11.3 Å². The molecule has 1 saturated heterocycles. The van der Waals surface area contributed by atoms with Crippen LogP contribution in [0.2, 0.25) is 0 Å². The zero-order valence-corrected chi connectivity index (χ0v) is 20.3. The van der Waals surface area contributed by atoms with Crippen LogP contribution in [0.4, 0.5) is 4.39 Å². The number of para-hydroxylation sites is 1. The number of aromatic nitrogens is 2. The van der Waals surface area contributed by atoms with Crippen LogP contribution in [0.25, 0.3) is 10.9 Å². The average molecular weight is 496 g/mol. The first kappa shape index (κ1) is 23.3. The Morgan fingerprint density at radius 1 is 1.19 bits per heavy atom. The molecule has 0 bridgehead atoms. The van der Waals surface area contributed by atoms with Gasteiger partial charge in [-0.1, -0.05) is 30.0 Å². The van der Waals surface area contributed by atoms with Crippen LogP contribution in [-0.4, -0.2) is 34.2 Å². The predicted molar refractivity (Wildman–Crippen MR) is 138 cm³/mol. The van der Waals surface area contributed by atoms with Gasteiger partial charge in [-0.15, -0.1) is 0 Å². The quantitative estimate of drug-likeness (QED) is 0.347. The minimum Gasteiger partial charge on any atom is -0.508 e. The van der Waals surface area contributed by atoms with E-state index >= 15 is 0 Å². The second kappa shape index (κ2) is 9.06. The summed E-state index contributed by atoms with van der Waals surface area (Å²) in [7, 11) is 0. The summed E-state index contributed by atoms with van der Waals surface area (Å²) < 4.78 is 19.5. The normalized spacial score (nSPS) is 16.9. The predicted octanol–water partition coefficient (Wildman–Crippen LogP) is 5.01. The molecule has 6 rings (SSSR count). The summed E-state index contributed by atoms with van der Waals surface area (Å²) in [5.41, 5.74) is 3.67. The molecule has 37 heavy (non-hydrogen) atoms. The molecule has 2 aromatic heterocycles. The second-order valence-corrected chi connectivity index (χ2v) is 10.2. The third-order valence-corrected chi connectivity index (χ3v) is 7.22. The Bertz CT molecular complexity index is 1540. The number of nitrogens with zero attached hydrogens (tertiary/aromatic N) is 1. The minimum atomic E-state index is -0.830. The number of H-pyrrole nitrogens is 1. The molecule has 1 aliphatic carbocycles. The molecule has 2 aliphatic rings. The molecule has 186 valence electrons. The first-order valence-corrected chi connectivity index (χ1v) is 12.3. The Labute approximate surface area is 213 Å². The number of aromatic hydroxyl groups is 1. The Morgan fingerprint density at radius 2 is 2.00 bits per heavy atom. The molecule has 6 nitrogen and oxygen atoms in total. The van der Waals surface area contributed by atoms with Crippen LogP contribution in [-0.2, 0) is 4.74 Å². The highest BCUT2D eigenvalue weighted by Crippen LogP contribution is 2.50. The van der Waals surface area contributed by atoms with Crippen LogP contribution in [0, 0.1) is 35.9 Å². The number of ether oxygens (including phenoxy) is 1. The van der Waals surface area contributed by atoms with Crippen LogP contribution in [0.1, 0.15) is 51.9 Å². The van der Waals surface area contributed by atoms with Gasteiger partial charge in [-0.05, 0) is 67.6 Å². The van der Waals surface area contributed by atoms with Gasteiger partial charge in [0, 0.05) is 39.4 Å². The Balaban J connectivity index is 1.29. The Kier molecular flexibility index (Phi) is 5.69. The lowest BCUT2D eigenvalue weighted by Gasteiger charge is -2.51. The largest absolute Gasteiger partial charge is 0.508 e. The summed E-state index contributed by atoms with van der Waals surface area (Å²) in [4.78, 5) is 21.1. The highest BCUT2D eigenvalue weighted by molar-refractivity contribution is 5.93. The maximum Gasteiger partial charge on any atom is 0.270 e. The van der Waals surface area contributed by atoms with Crippen LogP contribution in [0.5, 0.6) is 5.75 Å². The SMILES string of the molecule is Cc1cc(C#CC2CC3(COC3)C2)cc(C(=O)NC(c2cc3ccccc3[nH]2)c2cc(F)ccc2O)n1. The lowest BCUT2D eigenvalue weighted by Crippen LogP contribution is -2.51. The van der Waals surface area contributed by atoms with Crippen molar-refractivity contribution in [1.82, 2.24) is 15.3 Å². The number of benzene rings is 2. The molecule has 1 amide bonds. The molecular weight excluding hydrogens is 469 g/mol. The number of aromatic amines is 1. The lowest BCUT2D eigenvalue weighted by molar-refractivity contribution is -0.169. The number of pyridine rings is 1. The number of hydrogen-bond donors (Lipinski definition) is 3. The van der Waals surface area contributed by atoms with E-state index in [9.17, 15) is 14.3 Å². The number of nitrogens with one attached hydrogen (secondary N) is 2. The van der Waals surface area contributed by atoms with Crippen LogP contribution < -0.4 is 5.32 Å². The minimum absolute atomic E-state index is 0.121. The number of halogens is 1. The van der Waals surface area contributed by atoms with E-state index in [0.717, 1.165) is 42.5 Å². The third-order valence-electron chi connectivity index (χ3n) is 7.22. The van der Waals surface area contributed by atoms with Crippen LogP contribution in [0.3, 0.4) is 0 Å². The smallest absolute Gasteiger partial charge is 0.270 e. The molecule has 7 heteroatoms. The first-order valence-electron chi connectivity index (χ1n) is 12.3. The summed E-state index contributed by atoms with van der Waals surface area (Å²) in [6.07, 6.45) is 2.11. The molecule has 1 saturated carbocycles. The van der Waals surface area contributed by atoms with Gasteiger partial charge in [0.15, 0.2) is 0 Å². The van der Waals surface area contributed by atoms with E-state index in [0.29, 0.717) is 22.7 Å². The maximum absolute atomic E-state index is 14.2. The molecule has 2 fully saturated rings. The highest BCUT2D eigenvalue weighted by Gasteiger charge is 2.49. The zero-order chi connectivity index (χ0) is 25.6. The van der Waals surface area contributed by atoms with Gasteiger partial charge in [-0.25, -0.2) is 9.37 Å². The van der Waals surface area contributed by atoms with Gasteiger partial charge in [-0.3, -0.25) is 4.79 Å². The fourth-order valence-corrected chi connectivity index (χ4v) is 5.29. The molecule has 1 atom stereocenters. The summed E-state index contributed by atoms with van der Waals surface area (Å²) in [5.74, 6) is 5.80. The molecule has 0 radical (unpaired) electrons. The number of hydrogen-bond acceptors (Lipinski definition) is 4. The van der Waals surface area contributed by atoms with E-state index in [4.69, 9.17) is 4.74 Å². The number of phenolic OH excluding ortho intramolecular Hbond substituents is 1. The van der Waals surface area contributed by atoms with Gasteiger partial charge in [0.25, 0.3) is 5.91 Å². The number of rotatable bonds is 4. The van der Waals surface area contributed by atoms with Crippen molar-refractivity contribution < 1.29 is 19.0 Å². The molecular formula is C30H26FN3O3. The van der Waals surface area contributed by atoms with Gasteiger partial charge in [0.1, 0.15) is 17.3 Å². The highest BCUT2D eigenvalue weighted by atomic mass is 19.1. The Hall–Kier alpha value is -4.15. The molecule has 3 N–H and O–H groups in total.